The van der Waals surface area contributed by atoms with Gasteiger partial charge in [-0.15, -0.1) is 0 Å². The van der Waals surface area contributed by atoms with Gasteiger partial charge >= 0.3 is 12.0 Å². The largest absolute Gasteiger partial charge is 0.480 e. The van der Waals surface area contributed by atoms with Gasteiger partial charge in [0, 0.05) is 6.04 Å². The zero-order chi connectivity index (χ0) is 15.0. The Labute approximate surface area is 116 Å². The van der Waals surface area contributed by atoms with Gasteiger partial charge in [0.1, 0.15) is 6.04 Å². The lowest BCUT2D eigenvalue weighted by molar-refractivity contribution is -0.140. The fraction of sp³-hybridized carbons (Fsp3) is 0.857. The molecule has 5 nitrogen and oxygen atoms in total. The minimum Gasteiger partial charge on any atom is -0.480 e. The van der Waals surface area contributed by atoms with E-state index in [0.717, 1.165) is 19.3 Å². The van der Waals surface area contributed by atoms with E-state index in [9.17, 15) is 9.59 Å². The standard InChI is InChI=1S/C14H28N2O3/c1-9(2)7-6-8-11(5)15-14(19)16-12(10(3)4)13(17)18/h9-12H,6-8H2,1-5H3,(H,17,18)(H2,15,16,19)/t11-,12-/m0/s1. The highest BCUT2D eigenvalue weighted by Crippen LogP contribution is 2.08. The monoisotopic (exact) mass is 272 g/mol. The third kappa shape index (κ3) is 8.46. The molecule has 112 valence electrons. The van der Waals surface area contributed by atoms with Gasteiger partial charge in [0.25, 0.3) is 0 Å². The summed E-state index contributed by atoms with van der Waals surface area (Å²) in [6.45, 7) is 9.82. The van der Waals surface area contributed by atoms with Crippen molar-refractivity contribution in [3.8, 4) is 0 Å². The second kappa shape index (κ2) is 8.77. The zero-order valence-corrected chi connectivity index (χ0v) is 12.7. The molecule has 0 saturated carbocycles. The Morgan fingerprint density at radius 3 is 2.00 bits per heavy atom. The number of amides is 2. The van der Waals surface area contributed by atoms with Crippen molar-refractivity contribution in [3.05, 3.63) is 0 Å². The fourth-order valence-corrected chi connectivity index (χ4v) is 1.82. The lowest BCUT2D eigenvalue weighted by Crippen LogP contribution is -2.50. The zero-order valence-electron chi connectivity index (χ0n) is 12.7. The van der Waals surface area contributed by atoms with E-state index in [1.165, 1.54) is 0 Å². The van der Waals surface area contributed by atoms with E-state index in [-0.39, 0.29) is 12.0 Å². The molecular formula is C14H28N2O3. The third-order valence-electron chi connectivity index (χ3n) is 3.02. The first-order valence-corrected chi connectivity index (χ1v) is 7.03. The molecule has 0 radical (unpaired) electrons. The van der Waals surface area contributed by atoms with Gasteiger partial charge in [-0.3, -0.25) is 0 Å². The summed E-state index contributed by atoms with van der Waals surface area (Å²) in [6.07, 6.45) is 3.11. The minimum absolute atomic E-state index is 0.0559. The summed E-state index contributed by atoms with van der Waals surface area (Å²) < 4.78 is 0. The molecule has 0 aromatic heterocycles. The molecule has 2 amide bonds. The van der Waals surface area contributed by atoms with Crippen molar-refractivity contribution in [1.82, 2.24) is 10.6 Å². The predicted octanol–water partition coefficient (Wildman–Crippen LogP) is 2.61. The first-order valence-electron chi connectivity index (χ1n) is 7.03. The molecule has 0 spiro atoms. The van der Waals surface area contributed by atoms with Crippen molar-refractivity contribution in [2.24, 2.45) is 11.8 Å². The number of hydrogen-bond acceptors (Lipinski definition) is 2. The van der Waals surface area contributed by atoms with Crippen LogP contribution in [0.15, 0.2) is 0 Å². The van der Waals surface area contributed by atoms with Crippen LogP contribution in [-0.4, -0.2) is 29.2 Å². The summed E-state index contributed by atoms with van der Waals surface area (Å²) in [6, 6.07) is -1.19. The Morgan fingerprint density at radius 2 is 1.58 bits per heavy atom. The van der Waals surface area contributed by atoms with E-state index in [2.05, 4.69) is 24.5 Å². The smallest absolute Gasteiger partial charge is 0.326 e. The van der Waals surface area contributed by atoms with Crippen molar-refractivity contribution in [3.63, 3.8) is 0 Å². The van der Waals surface area contributed by atoms with Crippen LogP contribution in [-0.2, 0) is 4.79 Å². The van der Waals surface area contributed by atoms with Crippen molar-refractivity contribution >= 4 is 12.0 Å². The quantitative estimate of drug-likeness (QED) is 0.635. The molecule has 0 fully saturated rings. The summed E-state index contributed by atoms with van der Waals surface area (Å²) in [4.78, 5) is 22.7. The van der Waals surface area contributed by atoms with Crippen LogP contribution in [0.2, 0.25) is 0 Å². The van der Waals surface area contributed by atoms with Gasteiger partial charge < -0.3 is 15.7 Å². The summed E-state index contributed by atoms with van der Waals surface area (Å²) >= 11 is 0. The molecule has 3 N–H and O–H groups in total. The molecule has 19 heavy (non-hydrogen) atoms. The number of carboxylic acids is 1. The molecular weight excluding hydrogens is 244 g/mol. The van der Waals surface area contributed by atoms with Gasteiger partial charge in [-0.1, -0.05) is 40.5 Å². The van der Waals surface area contributed by atoms with E-state index in [1.807, 2.05) is 6.92 Å². The Hall–Kier alpha value is -1.26. The fourth-order valence-electron chi connectivity index (χ4n) is 1.82. The van der Waals surface area contributed by atoms with Crippen LogP contribution in [0.5, 0.6) is 0 Å². The summed E-state index contributed by atoms with van der Waals surface area (Å²) in [5.41, 5.74) is 0. The van der Waals surface area contributed by atoms with Gasteiger partial charge in [0.05, 0.1) is 0 Å². The van der Waals surface area contributed by atoms with Crippen LogP contribution < -0.4 is 10.6 Å². The molecule has 0 unspecified atom stereocenters. The van der Waals surface area contributed by atoms with Crippen LogP contribution in [0.25, 0.3) is 0 Å². The van der Waals surface area contributed by atoms with E-state index in [1.54, 1.807) is 13.8 Å². The van der Waals surface area contributed by atoms with Crippen LogP contribution >= 0.6 is 0 Å². The maximum Gasteiger partial charge on any atom is 0.326 e. The Morgan fingerprint density at radius 1 is 1.00 bits per heavy atom. The van der Waals surface area contributed by atoms with E-state index < -0.39 is 18.0 Å². The molecule has 0 rings (SSSR count). The Bertz CT molecular complexity index is 290. The molecule has 0 aliphatic rings. The second-order valence-corrected chi connectivity index (χ2v) is 5.90. The molecule has 0 aromatic carbocycles. The minimum atomic E-state index is -1.00. The van der Waals surface area contributed by atoms with Gasteiger partial charge in [-0.2, -0.15) is 0 Å². The van der Waals surface area contributed by atoms with E-state index in [0.29, 0.717) is 5.92 Å². The number of aliphatic carboxylic acids is 1. The van der Waals surface area contributed by atoms with Crippen molar-refractivity contribution in [1.29, 1.82) is 0 Å². The third-order valence-corrected chi connectivity index (χ3v) is 3.02. The molecule has 0 aromatic rings. The van der Waals surface area contributed by atoms with Gasteiger partial charge in [-0.25, -0.2) is 9.59 Å². The topological polar surface area (TPSA) is 78.4 Å². The molecule has 0 saturated heterocycles. The Balaban J connectivity index is 4.05. The average molecular weight is 272 g/mol. The number of carbonyl (C=O) groups is 2. The van der Waals surface area contributed by atoms with Crippen LogP contribution in [0.4, 0.5) is 4.79 Å². The highest BCUT2D eigenvalue weighted by Gasteiger charge is 2.23. The first-order chi connectivity index (χ1) is 8.73. The highest BCUT2D eigenvalue weighted by atomic mass is 16.4. The Kier molecular flexibility index (Phi) is 8.19. The summed E-state index contributed by atoms with van der Waals surface area (Å²) in [5, 5.41) is 14.3. The lowest BCUT2D eigenvalue weighted by atomic mass is 10.0. The number of urea groups is 1. The summed E-state index contributed by atoms with van der Waals surface area (Å²) in [7, 11) is 0. The van der Waals surface area contributed by atoms with E-state index >= 15 is 0 Å². The SMILES string of the molecule is CC(C)CCC[C@H](C)NC(=O)N[C@H](C(=O)O)C(C)C. The van der Waals surface area contributed by atoms with Gasteiger partial charge in [0.2, 0.25) is 0 Å². The van der Waals surface area contributed by atoms with Crippen molar-refractivity contribution in [2.75, 3.05) is 0 Å². The molecule has 0 heterocycles. The second-order valence-electron chi connectivity index (χ2n) is 5.90. The van der Waals surface area contributed by atoms with Gasteiger partial charge in [0.15, 0.2) is 0 Å². The maximum atomic E-state index is 11.7. The number of carboxylic acid groups (broad SMARTS) is 1. The molecule has 0 aliphatic heterocycles. The van der Waals surface area contributed by atoms with Crippen LogP contribution in [0, 0.1) is 11.8 Å². The van der Waals surface area contributed by atoms with Crippen LogP contribution in [0.1, 0.15) is 53.9 Å². The lowest BCUT2D eigenvalue weighted by Gasteiger charge is -2.20. The number of carbonyl (C=O) groups excluding carboxylic acids is 1. The number of rotatable bonds is 8. The molecule has 0 bridgehead atoms. The van der Waals surface area contributed by atoms with E-state index in [4.69, 9.17) is 5.11 Å². The highest BCUT2D eigenvalue weighted by molar-refractivity contribution is 5.82. The molecule has 5 heteroatoms. The predicted molar refractivity (Wildman–Crippen MR) is 76.1 cm³/mol. The maximum absolute atomic E-state index is 11.7. The van der Waals surface area contributed by atoms with Crippen molar-refractivity contribution in [2.45, 2.75) is 66.0 Å². The van der Waals surface area contributed by atoms with Crippen LogP contribution in [0.3, 0.4) is 0 Å². The average Bonchev–Trinajstić information content (AvgIpc) is 2.24. The molecule has 2 atom stereocenters. The summed E-state index contributed by atoms with van der Waals surface area (Å²) in [5.74, 6) is -0.476. The van der Waals surface area contributed by atoms with Crippen molar-refractivity contribution < 1.29 is 14.7 Å². The van der Waals surface area contributed by atoms with Gasteiger partial charge in [-0.05, 0) is 25.2 Å². The number of hydrogen-bond donors (Lipinski definition) is 3. The molecule has 0 aliphatic carbocycles. The normalized spacial score (nSPS) is 14.3. The number of nitrogens with one attached hydrogen (secondary N) is 2. The first kappa shape index (κ1) is 17.7.